The second-order valence-electron chi connectivity index (χ2n) is 6.98. The number of thiazole rings is 1. The van der Waals surface area contributed by atoms with E-state index < -0.39 is 0 Å². The van der Waals surface area contributed by atoms with Crippen molar-refractivity contribution in [2.75, 3.05) is 5.32 Å². The molecule has 2 N–H and O–H groups in total. The van der Waals surface area contributed by atoms with Gasteiger partial charge in [-0.15, -0.1) is 23.1 Å². The normalized spacial score (nSPS) is 10.7. The number of hydrogen-bond donors (Lipinski definition) is 2. The molecule has 4 aromatic rings. The lowest BCUT2D eigenvalue weighted by atomic mass is 10.2. The summed E-state index contributed by atoms with van der Waals surface area (Å²) in [7, 11) is 0. The zero-order valence-electron chi connectivity index (χ0n) is 17.3. The second-order valence-corrected chi connectivity index (χ2v) is 9.09. The molecule has 162 valence electrons. The molecule has 2 aromatic heterocycles. The summed E-state index contributed by atoms with van der Waals surface area (Å²) in [6.07, 6.45) is 1.45. The number of hydrogen-bond acceptors (Lipinski definition) is 6. The van der Waals surface area contributed by atoms with Gasteiger partial charge in [0.1, 0.15) is 0 Å². The predicted octanol–water partition coefficient (Wildman–Crippen LogP) is 5.52. The Kier molecular flexibility index (Phi) is 7.03. The van der Waals surface area contributed by atoms with Gasteiger partial charge < -0.3 is 15.1 Å². The largest absolute Gasteiger partial charge is 0.459 e. The van der Waals surface area contributed by atoms with Crippen molar-refractivity contribution in [2.24, 2.45) is 0 Å². The number of nitrogens with one attached hydrogen (secondary N) is 2. The molecule has 0 saturated heterocycles. The van der Waals surface area contributed by atoms with Crippen molar-refractivity contribution in [3.8, 4) is 0 Å². The second kappa shape index (κ2) is 10.3. The van der Waals surface area contributed by atoms with Crippen molar-refractivity contribution >= 4 is 40.6 Å². The van der Waals surface area contributed by atoms with Gasteiger partial charge in [-0.25, -0.2) is 4.98 Å². The van der Waals surface area contributed by atoms with E-state index in [0.29, 0.717) is 17.8 Å². The standard InChI is InChI=1S/C24H21N3O3S2/c1-16-26-20(14-31-16)15-32-21-10-6-18(7-11-21)23(28)25-13-17-4-8-19(9-5-17)27-24(29)22-3-2-12-30-22/h2-12,14H,13,15H2,1H3,(H,25,28)(H,27,29). The highest BCUT2D eigenvalue weighted by Gasteiger charge is 2.09. The number of furan rings is 1. The van der Waals surface area contributed by atoms with Crippen molar-refractivity contribution in [1.29, 1.82) is 0 Å². The van der Waals surface area contributed by atoms with Crippen LogP contribution in [0.25, 0.3) is 0 Å². The first-order chi connectivity index (χ1) is 15.6. The van der Waals surface area contributed by atoms with Crippen molar-refractivity contribution < 1.29 is 14.0 Å². The van der Waals surface area contributed by atoms with Crippen molar-refractivity contribution in [3.05, 3.63) is 99.9 Å². The SMILES string of the molecule is Cc1nc(CSc2ccc(C(=O)NCc3ccc(NC(=O)c4ccco4)cc3)cc2)cs1. The number of benzene rings is 2. The number of thioether (sulfide) groups is 1. The number of rotatable bonds is 8. The van der Waals surface area contributed by atoms with Crippen LogP contribution in [0.15, 0.2) is 81.6 Å². The molecular weight excluding hydrogens is 442 g/mol. The lowest BCUT2D eigenvalue weighted by Crippen LogP contribution is -2.22. The third-order valence-electron chi connectivity index (χ3n) is 4.58. The molecule has 0 unspecified atom stereocenters. The number of aromatic nitrogens is 1. The van der Waals surface area contributed by atoms with Gasteiger partial charge in [-0.3, -0.25) is 9.59 Å². The molecule has 6 nitrogen and oxygen atoms in total. The predicted molar refractivity (Wildman–Crippen MR) is 127 cm³/mol. The topological polar surface area (TPSA) is 84.2 Å². The van der Waals surface area contributed by atoms with E-state index in [-0.39, 0.29) is 17.6 Å². The lowest BCUT2D eigenvalue weighted by Gasteiger charge is -2.08. The lowest BCUT2D eigenvalue weighted by molar-refractivity contribution is 0.0949. The summed E-state index contributed by atoms with van der Waals surface area (Å²) in [5.74, 6) is 0.628. The Morgan fingerprint density at radius 1 is 1.03 bits per heavy atom. The van der Waals surface area contributed by atoms with E-state index in [1.54, 1.807) is 47.4 Å². The van der Waals surface area contributed by atoms with Crippen LogP contribution >= 0.6 is 23.1 Å². The molecular formula is C24H21N3O3S2. The highest BCUT2D eigenvalue weighted by molar-refractivity contribution is 7.98. The number of carbonyl (C=O) groups is 2. The van der Waals surface area contributed by atoms with Gasteiger partial charge in [0.05, 0.1) is 17.0 Å². The van der Waals surface area contributed by atoms with Crippen LogP contribution in [0.5, 0.6) is 0 Å². The van der Waals surface area contributed by atoms with Crippen LogP contribution < -0.4 is 10.6 Å². The Bertz CT molecular complexity index is 1180. The monoisotopic (exact) mass is 463 g/mol. The van der Waals surface area contributed by atoms with E-state index in [9.17, 15) is 9.59 Å². The maximum Gasteiger partial charge on any atom is 0.291 e. The minimum absolute atomic E-state index is 0.133. The maximum atomic E-state index is 12.5. The van der Waals surface area contributed by atoms with Crippen LogP contribution in [-0.4, -0.2) is 16.8 Å². The van der Waals surface area contributed by atoms with Crippen molar-refractivity contribution in [2.45, 2.75) is 24.1 Å². The van der Waals surface area contributed by atoms with Crippen LogP contribution in [0.1, 0.15) is 37.2 Å². The average molecular weight is 464 g/mol. The Morgan fingerprint density at radius 2 is 1.81 bits per heavy atom. The van der Waals surface area contributed by atoms with Gasteiger partial charge in [0.15, 0.2) is 5.76 Å². The minimum atomic E-state index is -0.306. The summed E-state index contributed by atoms with van der Waals surface area (Å²) in [5.41, 5.74) is 3.27. The maximum absolute atomic E-state index is 12.5. The molecule has 2 heterocycles. The van der Waals surface area contributed by atoms with Crippen LogP contribution in [0.4, 0.5) is 5.69 Å². The van der Waals surface area contributed by atoms with E-state index in [4.69, 9.17) is 4.42 Å². The Hall–Kier alpha value is -3.36. The third-order valence-corrected chi connectivity index (χ3v) is 6.45. The smallest absolute Gasteiger partial charge is 0.291 e. The molecule has 4 rings (SSSR count). The van der Waals surface area contributed by atoms with Gasteiger partial charge in [0.2, 0.25) is 0 Å². The summed E-state index contributed by atoms with van der Waals surface area (Å²) < 4.78 is 5.08. The first-order valence-electron chi connectivity index (χ1n) is 9.93. The molecule has 0 fully saturated rings. The minimum Gasteiger partial charge on any atom is -0.459 e. The number of anilines is 1. The third kappa shape index (κ3) is 5.87. The summed E-state index contributed by atoms with van der Waals surface area (Å²) >= 11 is 3.35. The fourth-order valence-corrected chi connectivity index (χ4v) is 4.43. The zero-order chi connectivity index (χ0) is 22.3. The van der Waals surface area contributed by atoms with E-state index in [1.807, 2.05) is 43.3 Å². The Labute approximate surface area is 194 Å². The van der Waals surface area contributed by atoms with Gasteiger partial charge in [-0.05, 0) is 61.0 Å². The van der Waals surface area contributed by atoms with Gasteiger partial charge in [0, 0.05) is 33.8 Å². The molecule has 8 heteroatoms. The van der Waals surface area contributed by atoms with Crippen LogP contribution in [0.2, 0.25) is 0 Å². The van der Waals surface area contributed by atoms with E-state index in [0.717, 1.165) is 26.9 Å². The molecule has 0 aliphatic carbocycles. The number of carbonyl (C=O) groups excluding carboxylic acids is 2. The van der Waals surface area contributed by atoms with Gasteiger partial charge in [-0.1, -0.05) is 12.1 Å². The fourth-order valence-electron chi connectivity index (χ4n) is 2.93. The quantitative estimate of drug-likeness (QED) is 0.336. The zero-order valence-corrected chi connectivity index (χ0v) is 19.0. The van der Waals surface area contributed by atoms with Crippen LogP contribution in [0.3, 0.4) is 0 Å². The number of nitrogens with zero attached hydrogens (tertiary/aromatic N) is 1. The number of aryl methyl sites for hydroxylation is 1. The first-order valence-corrected chi connectivity index (χ1v) is 11.8. The summed E-state index contributed by atoms with van der Waals surface area (Å²) in [6.45, 7) is 2.39. The van der Waals surface area contributed by atoms with Crippen molar-refractivity contribution in [1.82, 2.24) is 10.3 Å². The molecule has 0 spiro atoms. The first kappa shape index (κ1) is 21.9. The highest BCUT2D eigenvalue weighted by Crippen LogP contribution is 2.24. The van der Waals surface area contributed by atoms with Crippen molar-refractivity contribution in [3.63, 3.8) is 0 Å². The van der Waals surface area contributed by atoms with Gasteiger partial charge >= 0.3 is 0 Å². The molecule has 0 atom stereocenters. The molecule has 0 aliphatic heterocycles. The molecule has 0 radical (unpaired) electrons. The molecule has 0 bridgehead atoms. The summed E-state index contributed by atoms with van der Waals surface area (Å²) in [6, 6.07) is 18.1. The van der Waals surface area contributed by atoms with E-state index in [1.165, 1.54) is 6.26 Å². The Morgan fingerprint density at radius 3 is 2.47 bits per heavy atom. The summed E-state index contributed by atoms with van der Waals surface area (Å²) in [4.78, 5) is 30.0. The highest BCUT2D eigenvalue weighted by atomic mass is 32.2. The average Bonchev–Trinajstić information content (AvgIpc) is 3.49. The Balaban J connectivity index is 1.25. The molecule has 2 aromatic carbocycles. The van der Waals surface area contributed by atoms with E-state index >= 15 is 0 Å². The number of amides is 2. The van der Waals surface area contributed by atoms with E-state index in [2.05, 4.69) is 21.0 Å². The summed E-state index contributed by atoms with van der Waals surface area (Å²) in [5, 5.41) is 8.83. The molecule has 0 aliphatic rings. The van der Waals surface area contributed by atoms with Crippen LogP contribution in [0, 0.1) is 6.92 Å². The van der Waals surface area contributed by atoms with Gasteiger partial charge in [-0.2, -0.15) is 0 Å². The van der Waals surface area contributed by atoms with Crippen LogP contribution in [-0.2, 0) is 12.3 Å². The van der Waals surface area contributed by atoms with Gasteiger partial charge in [0.25, 0.3) is 11.8 Å². The molecule has 2 amide bonds. The molecule has 0 saturated carbocycles. The molecule has 32 heavy (non-hydrogen) atoms. The fraction of sp³-hybridized carbons (Fsp3) is 0.125.